The number of amides is 1. The molecular weight excluding hydrogens is 340 g/mol. The average molecular weight is 354 g/mol. The number of rotatable bonds is 3. The molecule has 0 aromatic heterocycles. The predicted octanol–water partition coefficient (Wildman–Crippen LogP) is 4.53. The molecule has 0 aliphatic carbocycles. The zero-order valence-corrected chi connectivity index (χ0v) is 13.2. The summed E-state index contributed by atoms with van der Waals surface area (Å²) in [7, 11) is 0. The maximum absolute atomic E-state index is 13.7. The van der Waals surface area contributed by atoms with Crippen LogP contribution in [0, 0.1) is 18.6 Å². The van der Waals surface area contributed by atoms with Gasteiger partial charge >= 0.3 is 0 Å². The number of halogens is 3. The number of aryl methyl sites for hydroxylation is 1. The normalized spacial score (nSPS) is 12.0. The summed E-state index contributed by atoms with van der Waals surface area (Å²) in [5, 5.41) is 2.60. The Morgan fingerprint density at radius 1 is 1.14 bits per heavy atom. The Bertz CT molecular complexity index is 647. The maximum Gasteiger partial charge on any atom is 0.257 e. The molecule has 1 N–H and O–H groups in total. The van der Waals surface area contributed by atoms with E-state index in [0.717, 1.165) is 23.3 Å². The Hall–Kier alpha value is -1.75. The van der Waals surface area contributed by atoms with Crippen molar-refractivity contribution >= 4 is 21.8 Å². The van der Waals surface area contributed by atoms with E-state index in [1.807, 2.05) is 31.2 Å². The van der Waals surface area contributed by atoms with Crippen molar-refractivity contribution in [2.75, 3.05) is 0 Å². The second-order valence-corrected chi connectivity index (χ2v) is 5.77. The first-order valence-corrected chi connectivity index (χ1v) is 7.19. The Balaban J connectivity index is 2.20. The van der Waals surface area contributed by atoms with Gasteiger partial charge in [0.2, 0.25) is 0 Å². The van der Waals surface area contributed by atoms with E-state index in [-0.39, 0.29) is 10.5 Å². The third-order valence-electron chi connectivity index (χ3n) is 3.16. The Labute approximate surface area is 130 Å². The Kier molecular flexibility index (Phi) is 4.73. The summed E-state index contributed by atoms with van der Waals surface area (Å²) in [6, 6.07) is 9.35. The summed E-state index contributed by atoms with van der Waals surface area (Å²) in [6.07, 6.45) is 0. The van der Waals surface area contributed by atoms with Crippen molar-refractivity contribution in [1.29, 1.82) is 0 Å². The van der Waals surface area contributed by atoms with Crippen molar-refractivity contribution in [2.24, 2.45) is 0 Å². The van der Waals surface area contributed by atoms with Crippen molar-refractivity contribution in [3.05, 3.63) is 69.2 Å². The highest BCUT2D eigenvalue weighted by molar-refractivity contribution is 9.10. The van der Waals surface area contributed by atoms with Crippen LogP contribution >= 0.6 is 15.9 Å². The molecule has 0 saturated heterocycles. The van der Waals surface area contributed by atoms with Gasteiger partial charge in [-0.15, -0.1) is 0 Å². The van der Waals surface area contributed by atoms with E-state index in [2.05, 4.69) is 21.2 Å². The highest BCUT2D eigenvalue weighted by atomic mass is 79.9. The van der Waals surface area contributed by atoms with Gasteiger partial charge in [0.15, 0.2) is 0 Å². The van der Waals surface area contributed by atoms with Gasteiger partial charge in [-0.2, -0.15) is 0 Å². The molecule has 0 saturated carbocycles. The third kappa shape index (κ3) is 3.67. The fraction of sp³-hybridized carbons (Fsp3) is 0.188. The average Bonchev–Trinajstić information content (AvgIpc) is 2.37. The molecule has 2 nitrogen and oxygen atoms in total. The van der Waals surface area contributed by atoms with Gasteiger partial charge in [0.25, 0.3) is 5.91 Å². The van der Waals surface area contributed by atoms with Gasteiger partial charge in [-0.05, 0) is 31.5 Å². The summed E-state index contributed by atoms with van der Waals surface area (Å²) in [4.78, 5) is 12.0. The van der Waals surface area contributed by atoms with E-state index >= 15 is 0 Å². The number of carbonyl (C=O) groups is 1. The Morgan fingerprint density at radius 3 is 2.19 bits per heavy atom. The smallest absolute Gasteiger partial charge is 0.257 e. The molecule has 0 aliphatic rings. The molecule has 110 valence electrons. The van der Waals surface area contributed by atoms with Crippen LogP contribution in [0.4, 0.5) is 8.78 Å². The van der Waals surface area contributed by atoms with Crippen molar-refractivity contribution in [3.8, 4) is 0 Å². The lowest BCUT2D eigenvalue weighted by molar-refractivity contribution is 0.0931. The van der Waals surface area contributed by atoms with Gasteiger partial charge in [0.1, 0.15) is 17.2 Å². The van der Waals surface area contributed by atoms with Crippen LogP contribution in [0.3, 0.4) is 0 Å². The zero-order chi connectivity index (χ0) is 15.6. The van der Waals surface area contributed by atoms with Crippen molar-refractivity contribution < 1.29 is 13.6 Å². The fourth-order valence-electron chi connectivity index (χ4n) is 1.97. The van der Waals surface area contributed by atoms with E-state index in [4.69, 9.17) is 0 Å². The van der Waals surface area contributed by atoms with Crippen molar-refractivity contribution in [1.82, 2.24) is 5.32 Å². The molecule has 1 atom stereocenters. The van der Waals surface area contributed by atoms with Gasteiger partial charge in [0, 0.05) is 4.47 Å². The molecule has 0 spiro atoms. The maximum atomic E-state index is 13.7. The topological polar surface area (TPSA) is 29.1 Å². The molecular formula is C16H14BrF2NO. The minimum atomic E-state index is -0.893. The molecule has 0 heterocycles. The monoisotopic (exact) mass is 353 g/mol. The van der Waals surface area contributed by atoms with Crippen LogP contribution in [0.5, 0.6) is 0 Å². The number of hydrogen-bond donors (Lipinski definition) is 1. The first-order valence-electron chi connectivity index (χ1n) is 6.40. The molecule has 2 aromatic carbocycles. The zero-order valence-electron chi connectivity index (χ0n) is 11.6. The van der Waals surface area contributed by atoms with E-state index in [0.29, 0.717) is 0 Å². The standard InChI is InChI=1S/C16H14BrF2NO/c1-9-3-5-11(6-4-9)10(2)20-16(21)15-13(18)7-12(17)8-14(15)19/h3-8,10H,1-2H3,(H,20,21). The molecule has 0 fully saturated rings. The van der Waals surface area contributed by atoms with Gasteiger partial charge in [0.05, 0.1) is 6.04 Å². The highest BCUT2D eigenvalue weighted by Gasteiger charge is 2.20. The van der Waals surface area contributed by atoms with Gasteiger partial charge < -0.3 is 5.32 Å². The summed E-state index contributed by atoms with van der Waals surface area (Å²) in [5.74, 6) is -2.56. The summed E-state index contributed by atoms with van der Waals surface area (Å²) >= 11 is 2.98. The number of benzene rings is 2. The third-order valence-corrected chi connectivity index (χ3v) is 3.62. The van der Waals surface area contributed by atoms with Gasteiger partial charge in [-0.1, -0.05) is 45.8 Å². The van der Waals surface area contributed by atoms with Crippen LogP contribution < -0.4 is 5.32 Å². The Morgan fingerprint density at radius 2 is 1.67 bits per heavy atom. The highest BCUT2D eigenvalue weighted by Crippen LogP contribution is 2.21. The fourth-order valence-corrected chi connectivity index (χ4v) is 2.37. The van der Waals surface area contributed by atoms with Crippen LogP contribution in [-0.2, 0) is 0 Å². The van der Waals surface area contributed by atoms with Gasteiger partial charge in [-0.3, -0.25) is 4.79 Å². The first-order chi connectivity index (χ1) is 9.88. The summed E-state index contributed by atoms with van der Waals surface area (Å²) in [6.45, 7) is 3.72. The molecule has 1 amide bonds. The van der Waals surface area contributed by atoms with E-state index < -0.39 is 23.1 Å². The second kappa shape index (κ2) is 6.35. The first kappa shape index (κ1) is 15.6. The number of carbonyl (C=O) groups excluding carboxylic acids is 1. The molecule has 1 unspecified atom stereocenters. The lowest BCUT2D eigenvalue weighted by atomic mass is 10.1. The molecule has 21 heavy (non-hydrogen) atoms. The minimum absolute atomic E-state index is 0.251. The summed E-state index contributed by atoms with van der Waals surface area (Å²) < 4.78 is 27.7. The van der Waals surface area contributed by atoms with Crippen LogP contribution in [0.25, 0.3) is 0 Å². The molecule has 0 radical (unpaired) electrons. The van der Waals surface area contributed by atoms with Crippen molar-refractivity contribution in [2.45, 2.75) is 19.9 Å². The molecule has 0 aliphatic heterocycles. The molecule has 5 heteroatoms. The lowest BCUT2D eigenvalue weighted by Crippen LogP contribution is -2.28. The SMILES string of the molecule is Cc1ccc(C(C)NC(=O)c2c(F)cc(Br)cc2F)cc1. The number of hydrogen-bond acceptors (Lipinski definition) is 1. The minimum Gasteiger partial charge on any atom is -0.345 e. The van der Waals surface area contributed by atoms with Crippen LogP contribution in [0.15, 0.2) is 40.9 Å². The van der Waals surface area contributed by atoms with E-state index in [1.165, 1.54) is 0 Å². The van der Waals surface area contributed by atoms with Crippen LogP contribution in [0.1, 0.15) is 34.5 Å². The van der Waals surface area contributed by atoms with E-state index in [9.17, 15) is 13.6 Å². The summed E-state index contributed by atoms with van der Waals surface area (Å²) in [5.41, 5.74) is 1.39. The van der Waals surface area contributed by atoms with Gasteiger partial charge in [-0.25, -0.2) is 8.78 Å². The second-order valence-electron chi connectivity index (χ2n) is 4.85. The van der Waals surface area contributed by atoms with Crippen LogP contribution in [-0.4, -0.2) is 5.91 Å². The van der Waals surface area contributed by atoms with Crippen LogP contribution in [0.2, 0.25) is 0 Å². The lowest BCUT2D eigenvalue weighted by Gasteiger charge is -2.15. The van der Waals surface area contributed by atoms with Crippen molar-refractivity contribution in [3.63, 3.8) is 0 Å². The van der Waals surface area contributed by atoms with E-state index in [1.54, 1.807) is 6.92 Å². The molecule has 2 aromatic rings. The molecule has 0 bridgehead atoms. The largest absolute Gasteiger partial charge is 0.345 e. The molecule has 2 rings (SSSR count). The predicted molar refractivity (Wildman–Crippen MR) is 81.1 cm³/mol. The number of nitrogens with one attached hydrogen (secondary N) is 1. The quantitative estimate of drug-likeness (QED) is 0.862.